The lowest BCUT2D eigenvalue weighted by Crippen LogP contribution is -2.15. The first-order valence-electron chi connectivity index (χ1n) is 5.93. The van der Waals surface area contributed by atoms with Gasteiger partial charge in [-0.05, 0) is 35.9 Å². The van der Waals surface area contributed by atoms with Crippen LogP contribution in [0, 0.1) is 0 Å². The monoisotopic (exact) mass is 259 g/mol. The minimum atomic E-state index is -2.51. The highest BCUT2D eigenvalue weighted by atomic mass is 32.2. The van der Waals surface area contributed by atoms with Gasteiger partial charge in [-0.25, -0.2) is 4.21 Å². The molecule has 2 N–H and O–H groups in total. The van der Waals surface area contributed by atoms with Crippen molar-refractivity contribution in [1.82, 2.24) is 0 Å². The molecule has 0 aromatic heterocycles. The summed E-state index contributed by atoms with van der Waals surface area (Å²) in [7, 11) is -2.51. The molecule has 1 atom stereocenters. The highest BCUT2D eigenvalue weighted by molar-refractivity contribution is 7.99. The molecule has 0 radical (unpaired) electrons. The molecular formula is C15H17NOS. The van der Waals surface area contributed by atoms with Gasteiger partial charge in [0.05, 0.1) is 9.71 Å². The molecule has 0 aliphatic heterocycles. The van der Waals surface area contributed by atoms with Crippen LogP contribution in [0.3, 0.4) is 0 Å². The van der Waals surface area contributed by atoms with E-state index in [0.717, 1.165) is 6.42 Å². The molecule has 0 heterocycles. The molecule has 2 aromatic carbocycles. The predicted molar refractivity (Wildman–Crippen MR) is 77.9 cm³/mol. The van der Waals surface area contributed by atoms with Crippen LogP contribution in [0.5, 0.6) is 0 Å². The van der Waals surface area contributed by atoms with Crippen LogP contribution >= 0.6 is 0 Å². The van der Waals surface area contributed by atoms with E-state index in [9.17, 15) is 4.21 Å². The van der Waals surface area contributed by atoms with Crippen molar-refractivity contribution in [1.29, 1.82) is 0 Å². The fraction of sp³-hybridized carbons (Fsp3) is 0.133. The summed E-state index contributed by atoms with van der Waals surface area (Å²) in [5.41, 5.74) is 1.23. The Hall–Kier alpha value is -1.58. The molecule has 2 rings (SSSR count). The lowest BCUT2D eigenvalue weighted by atomic mass is 10.1. The van der Waals surface area contributed by atoms with E-state index >= 15 is 0 Å². The average molecular weight is 259 g/mol. The van der Waals surface area contributed by atoms with Crippen molar-refractivity contribution in [3.8, 4) is 0 Å². The summed E-state index contributed by atoms with van der Waals surface area (Å²) in [5.74, 6) is 0. The summed E-state index contributed by atoms with van der Waals surface area (Å²) in [4.78, 5) is 0.693. The Bertz CT molecular complexity index is 599. The topological polar surface area (TPSA) is 43.1 Å². The Balaban J connectivity index is 2.08. The van der Waals surface area contributed by atoms with Gasteiger partial charge in [0, 0.05) is 4.90 Å². The molecule has 0 fully saturated rings. The van der Waals surface area contributed by atoms with Gasteiger partial charge in [-0.15, -0.1) is 0 Å². The van der Waals surface area contributed by atoms with Crippen molar-refractivity contribution >= 4 is 15.1 Å². The quantitative estimate of drug-likeness (QED) is 0.843. The van der Waals surface area contributed by atoms with E-state index in [0.29, 0.717) is 11.3 Å². The molecule has 0 spiro atoms. The lowest BCUT2D eigenvalue weighted by Gasteiger charge is -2.05. The summed E-state index contributed by atoms with van der Waals surface area (Å²) in [6, 6.07) is 19.3. The smallest absolute Gasteiger partial charge is 0.0538 e. The molecule has 0 aliphatic rings. The van der Waals surface area contributed by atoms with Gasteiger partial charge >= 0.3 is 0 Å². The van der Waals surface area contributed by atoms with Gasteiger partial charge in [0.15, 0.2) is 0 Å². The maximum absolute atomic E-state index is 12.3. The summed E-state index contributed by atoms with van der Waals surface area (Å²) in [6.45, 7) is 0. The van der Waals surface area contributed by atoms with E-state index in [1.165, 1.54) is 5.56 Å². The molecule has 1 unspecified atom stereocenters. The summed E-state index contributed by atoms with van der Waals surface area (Å²) >= 11 is 0. The zero-order valence-corrected chi connectivity index (χ0v) is 11.0. The maximum Gasteiger partial charge on any atom is 0.0538 e. The minimum Gasteiger partial charge on any atom is -0.255 e. The third-order valence-electron chi connectivity index (χ3n) is 2.75. The molecule has 0 saturated carbocycles. The van der Waals surface area contributed by atoms with Crippen molar-refractivity contribution in [3.05, 3.63) is 66.2 Å². The fourth-order valence-corrected chi connectivity index (χ4v) is 3.02. The molecule has 3 heteroatoms. The van der Waals surface area contributed by atoms with Gasteiger partial charge in [0.1, 0.15) is 0 Å². The van der Waals surface area contributed by atoms with Gasteiger partial charge < -0.3 is 0 Å². The van der Waals surface area contributed by atoms with Crippen LogP contribution in [0.1, 0.15) is 12.0 Å². The fourth-order valence-electron chi connectivity index (χ4n) is 1.77. The Morgan fingerprint density at radius 1 is 0.944 bits per heavy atom. The normalized spacial score (nSPS) is 13.8. The van der Waals surface area contributed by atoms with Gasteiger partial charge in [-0.2, -0.15) is 0 Å². The van der Waals surface area contributed by atoms with Gasteiger partial charge in [-0.3, -0.25) is 5.14 Å². The first-order valence-corrected chi connectivity index (χ1v) is 7.61. The van der Waals surface area contributed by atoms with Crippen molar-refractivity contribution in [3.63, 3.8) is 0 Å². The summed E-state index contributed by atoms with van der Waals surface area (Å²) in [6.07, 6.45) is 1.58. The Morgan fingerprint density at radius 2 is 1.50 bits per heavy atom. The average Bonchev–Trinajstić information content (AvgIpc) is 2.41. The number of rotatable bonds is 4. The van der Waals surface area contributed by atoms with Crippen LogP contribution in [0.4, 0.5) is 0 Å². The van der Waals surface area contributed by atoms with Crippen molar-refractivity contribution in [2.75, 3.05) is 0 Å². The second-order valence-corrected chi connectivity index (χ2v) is 6.25. The van der Waals surface area contributed by atoms with E-state index < -0.39 is 9.71 Å². The summed E-state index contributed by atoms with van der Waals surface area (Å²) in [5, 5.41) is 7.61. The van der Waals surface area contributed by atoms with Crippen molar-refractivity contribution < 1.29 is 4.21 Å². The number of aryl methyl sites for hydroxylation is 1. The number of benzene rings is 2. The van der Waals surface area contributed by atoms with E-state index in [2.05, 4.69) is 12.1 Å². The second-order valence-electron chi connectivity index (χ2n) is 4.15. The van der Waals surface area contributed by atoms with Gasteiger partial charge in [0.25, 0.3) is 0 Å². The third kappa shape index (κ3) is 3.45. The van der Waals surface area contributed by atoms with Crippen molar-refractivity contribution in [2.24, 2.45) is 5.14 Å². The van der Waals surface area contributed by atoms with E-state index in [1.54, 1.807) is 17.5 Å². The molecule has 2 nitrogen and oxygen atoms in total. The first-order chi connectivity index (χ1) is 8.68. The molecule has 0 aliphatic carbocycles. The van der Waals surface area contributed by atoms with Gasteiger partial charge in [0.2, 0.25) is 0 Å². The Morgan fingerprint density at radius 3 is 2.11 bits per heavy atom. The lowest BCUT2D eigenvalue weighted by molar-refractivity contribution is 0.682. The number of nitrogens with two attached hydrogens (primary N) is 1. The third-order valence-corrected chi connectivity index (χ3v) is 4.49. The van der Waals surface area contributed by atoms with E-state index in [4.69, 9.17) is 5.14 Å². The van der Waals surface area contributed by atoms with Crippen molar-refractivity contribution in [2.45, 2.75) is 17.7 Å². The molecule has 2 aromatic rings. The Kier molecular flexibility index (Phi) is 4.18. The van der Waals surface area contributed by atoms with Crippen LogP contribution in [0.15, 0.2) is 65.6 Å². The highest BCUT2D eigenvalue weighted by Gasteiger charge is 2.02. The number of hydrogen-bond acceptors (Lipinski definition) is 1. The molecular weight excluding hydrogens is 242 g/mol. The van der Waals surface area contributed by atoms with Crippen LogP contribution in [-0.4, -0.2) is 9.58 Å². The SMILES string of the molecule is NS(=O)(=CCCc1ccccc1)c1ccccc1. The molecule has 94 valence electrons. The van der Waals surface area contributed by atoms with Crippen LogP contribution in [-0.2, 0) is 16.1 Å². The van der Waals surface area contributed by atoms with Crippen LogP contribution in [0.2, 0.25) is 0 Å². The predicted octanol–water partition coefficient (Wildman–Crippen LogP) is 2.64. The van der Waals surface area contributed by atoms with E-state index in [1.807, 2.05) is 36.4 Å². The highest BCUT2D eigenvalue weighted by Crippen LogP contribution is 2.07. The molecule has 0 bridgehead atoms. The zero-order valence-electron chi connectivity index (χ0n) is 10.2. The first kappa shape index (κ1) is 12.9. The molecule has 18 heavy (non-hydrogen) atoms. The molecule has 0 saturated heterocycles. The standard InChI is InChI=1S/C15H17NOS/c16-18(17,15-11-5-2-6-12-15)13-7-10-14-8-3-1-4-9-14/h1-6,8-9,11-13H,7,10H2,(H2,16,17). The molecule has 0 amide bonds. The minimum absolute atomic E-state index is 0.693. The van der Waals surface area contributed by atoms with Crippen LogP contribution < -0.4 is 5.14 Å². The zero-order chi connectivity index (χ0) is 12.8. The number of hydrogen-bond donors (Lipinski definition) is 1. The maximum atomic E-state index is 12.3. The summed E-state index contributed by atoms with van der Waals surface area (Å²) < 4.78 is 12.3. The largest absolute Gasteiger partial charge is 0.255 e. The van der Waals surface area contributed by atoms with Crippen LogP contribution in [0.25, 0.3) is 0 Å². The second kappa shape index (κ2) is 5.85. The van der Waals surface area contributed by atoms with Gasteiger partial charge in [-0.1, -0.05) is 48.5 Å². The Labute approximate surface area is 109 Å². The van der Waals surface area contributed by atoms with E-state index in [-0.39, 0.29) is 0 Å².